The summed E-state index contributed by atoms with van der Waals surface area (Å²) in [6, 6.07) is 13.7. The minimum absolute atomic E-state index is 0.314. The van der Waals surface area contributed by atoms with Gasteiger partial charge in [-0.3, -0.25) is 5.41 Å². The van der Waals surface area contributed by atoms with E-state index in [1.165, 1.54) is 20.0 Å². The van der Waals surface area contributed by atoms with Gasteiger partial charge in [0.05, 0.1) is 31.2 Å². The highest BCUT2D eigenvalue weighted by molar-refractivity contribution is 5.89. The quantitative estimate of drug-likeness (QED) is 0.636. The second-order valence-corrected chi connectivity index (χ2v) is 9.35. The molecule has 33 heavy (non-hydrogen) atoms. The van der Waals surface area contributed by atoms with E-state index < -0.39 is 28.6 Å². The Kier molecular flexibility index (Phi) is 6.33. The number of para-hydroxylation sites is 1. The summed E-state index contributed by atoms with van der Waals surface area (Å²) < 4.78 is 18.3. The minimum atomic E-state index is -1.95. The molecular formula is C26H30N4O3. The van der Waals surface area contributed by atoms with Crippen LogP contribution < -0.4 is 4.74 Å². The maximum absolute atomic E-state index is 10.6. The zero-order valence-electron chi connectivity index (χ0n) is 19.1. The maximum atomic E-state index is 10.6. The first-order chi connectivity index (χ1) is 16.0. The van der Waals surface area contributed by atoms with Gasteiger partial charge in [0.15, 0.2) is 5.41 Å². The van der Waals surface area contributed by atoms with Crippen molar-refractivity contribution in [3.05, 3.63) is 29.8 Å². The number of hydrogen-bond donors (Lipinski definition) is 1. The molecule has 4 unspecified atom stereocenters. The first-order valence-electron chi connectivity index (χ1n) is 11.9. The van der Waals surface area contributed by atoms with E-state index in [1.54, 1.807) is 24.3 Å². The van der Waals surface area contributed by atoms with Gasteiger partial charge in [-0.2, -0.15) is 15.8 Å². The average molecular weight is 447 g/mol. The van der Waals surface area contributed by atoms with Gasteiger partial charge in [-0.05, 0) is 18.9 Å². The van der Waals surface area contributed by atoms with Crippen molar-refractivity contribution in [1.29, 1.82) is 21.2 Å². The van der Waals surface area contributed by atoms with E-state index in [4.69, 9.17) is 19.6 Å². The van der Waals surface area contributed by atoms with Gasteiger partial charge in [0.1, 0.15) is 11.9 Å². The van der Waals surface area contributed by atoms with E-state index in [-0.39, 0.29) is 5.90 Å². The Labute approximate surface area is 195 Å². The second-order valence-electron chi connectivity index (χ2n) is 9.35. The van der Waals surface area contributed by atoms with Gasteiger partial charge < -0.3 is 14.2 Å². The van der Waals surface area contributed by atoms with Crippen molar-refractivity contribution in [1.82, 2.24) is 0 Å². The van der Waals surface area contributed by atoms with Crippen molar-refractivity contribution >= 4 is 5.90 Å². The fraction of sp³-hybridized carbons (Fsp3) is 0.615. The molecule has 1 aromatic rings. The fourth-order valence-corrected chi connectivity index (χ4v) is 6.08. The van der Waals surface area contributed by atoms with E-state index in [0.717, 1.165) is 38.5 Å². The van der Waals surface area contributed by atoms with E-state index in [0.29, 0.717) is 24.2 Å². The standard InChI is InChI=1S/C26H30N4O3/c1-31-20-13-10-9-12-19(20)22-24(16-27,17-28)25(18-29)21-14-8-6-4-2-3-5-7-11-15-26(21,32-22)33-23(25)30/h9-10,12-13,21-22,30H,2-8,11,14-15H2,1H3. The van der Waals surface area contributed by atoms with Gasteiger partial charge in [-0.1, -0.05) is 63.1 Å². The summed E-state index contributed by atoms with van der Waals surface area (Å²) in [6.07, 6.45) is 8.31. The molecule has 172 valence electrons. The van der Waals surface area contributed by atoms with Crippen molar-refractivity contribution in [3.63, 3.8) is 0 Å². The lowest BCUT2D eigenvalue weighted by molar-refractivity contribution is -0.288. The molecule has 4 atom stereocenters. The van der Waals surface area contributed by atoms with Crippen LogP contribution in [0.4, 0.5) is 0 Å². The average Bonchev–Trinajstić information content (AvgIpc) is 3.02. The summed E-state index contributed by atoms with van der Waals surface area (Å²) >= 11 is 0. The molecular weight excluding hydrogens is 416 g/mol. The third-order valence-corrected chi connectivity index (χ3v) is 7.74. The minimum Gasteiger partial charge on any atom is -0.496 e. The first-order valence-corrected chi connectivity index (χ1v) is 11.9. The molecule has 7 heteroatoms. The Hall–Kier alpha value is -3.08. The van der Waals surface area contributed by atoms with Crippen LogP contribution in [0.15, 0.2) is 24.3 Å². The summed E-state index contributed by atoms with van der Waals surface area (Å²) in [7, 11) is 1.52. The Morgan fingerprint density at radius 2 is 1.58 bits per heavy atom. The van der Waals surface area contributed by atoms with E-state index in [9.17, 15) is 15.8 Å². The van der Waals surface area contributed by atoms with Crippen LogP contribution in [0.2, 0.25) is 0 Å². The normalized spacial score (nSPS) is 33.6. The van der Waals surface area contributed by atoms with Crippen LogP contribution >= 0.6 is 0 Å². The largest absolute Gasteiger partial charge is 0.496 e. The van der Waals surface area contributed by atoms with Gasteiger partial charge in [-0.25, -0.2) is 0 Å². The zero-order valence-corrected chi connectivity index (χ0v) is 19.1. The van der Waals surface area contributed by atoms with Crippen LogP contribution in [-0.2, 0) is 9.47 Å². The van der Waals surface area contributed by atoms with E-state index in [1.807, 2.05) is 0 Å². The predicted molar refractivity (Wildman–Crippen MR) is 120 cm³/mol. The summed E-state index contributed by atoms with van der Waals surface area (Å²) in [5.41, 5.74) is -3.15. The second kappa shape index (κ2) is 9.05. The molecule has 1 N–H and O–H groups in total. The summed E-state index contributed by atoms with van der Waals surface area (Å²) in [6.45, 7) is 0. The topological polar surface area (TPSA) is 123 Å². The number of nitrogens with one attached hydrogen (secondary N) is 1. The lowest BCUT2D eigenvalue weighted by atomic mass is 9.52. The molecule has 3 aliphatic rings. The third kappa shape index (κ3) is 3.28. The van der Waals surface area contributed by atoms with Crippen LogP contribution in [0.25, 0.3) is 0 Å². The number of hydrogen-bond acceptors (Lipinski definition) is 7. The Morgan fingerprint density at radius 1 is 0.939 bits per heavy atom. The van der Waals surface area contributed by atoms with Crippen LogP contribution in [0.5, 0.6) is 5.75 Å². The number of nitrogens with zero attached hydrogens (tertiary/aromatic N) is 3. The summed E-state index contributed by atoms with van der Waals surface area (Å²) in [5.74, 6) is -1.62. The SMILES string of the molecule is COc1ccccc1C1OC23CCCCCCCCCCC2C(C#N)(C(=N)O3)C1(C#N)C#N. The van der Waals surface area contributed by atoms with Crippen LogP contribution in [0, 0.1) is 56.2 Å². The van der Waals surface area contributed by atoms with Crippen molar-refractivity contribution in [2.24, 2.45) is 16.7 Å². The zero-order chi connectivity index (χ0) is 23.5. The van der Waals surface area contributed by atoms with Crippen LogP contribution in [-0.4, -0.2) is 18.8 Å². The maximum Gasteiger partial charge on any atom is 0.217 e. The summed E-state index contributed by atoms with van der Waals surface area (Å²) in [4.78, 5) is 0. The molecule has 0 aromatic heterocycles. The Morgan fingerprint density at radius 3 is 2.21 bits per heavy atom. The Balaban J connectivity index is 1.92. The fourth-order valence-electron chi connectivity index (χ4n) is 6.08. The molecule has 2 heterocycles. The van der Waals surface area contributed by atoms with Crippen molar-refractivity contribution in [3.8, 4) is 24.0 Å². The molecule has 0 spiro atoms. The number of benzene rings is 1. The van der Waals surface area contributed by atoms with Crippen LogP contribution in [0.1, 0.15) is 75.9 Å². The van der Waals surface area contributed by atoms with Crippen molar-refractivity contribution < 1.29 is 14.2 Å². The molecule has 1 aliphatic carbocycles. The van der Waals surface area contributed by atoms with Crippen LogP contribution in [0.3, 0.4) is 0 Å². The molecule has 0 radical (unpaired) electrons. The third-order valence-electron chi connectivity index (χ3n) is 7.74. The molecule has 4 rings (SSSR count). The van der Waals surface area contributed by atoms with Gasteiger partial charge in [0, 0.05) is 12.0 Å². The number of nitriles is 3. The number of rotatable bonds is 2. The van der Waals surface area contributed by atoms with Crippen molar-refractivity contribution in [2.75, 3.05) is 7.11 Å². The molecule has 3 fully saturated rings. The molecule has 1 aromatic carbocycles. The molecule has 1 saturated carbocycles. The molecule has 2 bridgehead atoms. The first kappa shape index (κ1) is 23.1. The highest BCUT2D eigenvalue weighted by atomic mass is 16.7. The molecule has 2 saturated heterocycles. The highest BCUT2D eigenvalue weighted by Gasteiger charge is 2.80. The number of ether oxygens (including phenoxy) is 3. The lowest BCUT2D eigenvalue weighted by Gasteiger charge is -2.50. The summed E-state index contributed by atoms with van der Waals surface area (Å²) in [5, 5.41) is 40.3. The Bertz CT molecular complexity index is 1020. The van der Waals surface area contributed by atoms with E-state index in [2.05, 4.69) is 18.2 Å². The van der Waals surface area contributed by atoms with Gasteiger partial charge in [0.25, 0.3) is 0 Å². The van der Waals surface area contributed by atoms with Gasteiger partial charge >= 0.3 is 0 Å². The van der Waals surface area contributed by atoms with Gasteiger partial charge in [-0.15, -0.1) is 0 Å². The smallest absolute Gasteiger partial charge is 0.217 e. The number of methoxy groups -OCH3 is 1. The monoisotopic (exact) mass is 446 g/mol. The lowest BCUT2D eigenvalue weighted by Crippen LogP contribution is -2.59. The predicted octanol–water partition coefficient (Wildman–Crippen LogP) is 5.54. The van der Waals surface area contributed by atoms with Crippen molar-refractivity contribution in [2.45, 2.75) is 76.1 Å². The van der Waals surface area contributed by atoms with Gasteiger partial charge in [0.2, 0.25) is 17.1 Å². The van der Waals surface area contributed by atoms with E-state index >= 15 is 0 Å². The molecule has 7 nitrogen and oxygen atoms in total. The molecule has 0 amide bonds. The highest BCUT2D eigenvalue weighted by Crippen LogP contribution is 2.69. The molecule has 2 aliphatic heterocycles.